The number of rotatable bonds is 6. The molecule has 1 rings (SSSR count). The van der Waals surface area contributed by atoms with Crippen molar-refractivity contribution < 1.29 is 23.5 Å². The van der Waals surface area contributed by atoms with Gasteiger partial charge in [0.15, 0.2) is 0 Å². The van der Waals surface area contributed by atoms with Crippen molar-refractivity contribution in [1.82, 2.24) is 5.32 Å². The van der Waals surface area contributed by atoms with Gasteiger partial charge >= 0.3 is 5.97 Å². The summed E-state index contributed by atoms with van der Waals surface area (Å²) >= 11 is 0. The van der Waals surface area contributed by atoms with Crippen molar-refractivity contribution in [3.63, 3.8) is 0 Å². The summed E-state index contributed by atoms with van der Waals surface area (Å²) in [5.41, 5.74) is -0.716. The first kappa shape index (κ1) is 15.9. The second-order valence-electron chi connectivity index (χ2n) is 5.69. The fraction of sp³-hybridized carbons (Fsp3) is 0.846. The zero-order valence-electron chi connectivity index (χ0n) is 11.3. The predicted octanol–water partition coefficient (Wildman–Crippen LogP) is 2.43. The van der Waals surface area contributed by atoms with Crippen LogP contribution in [0.4, 0.5) is 8.78 Å². The Balaban J connectivity index is 2.67. The normalized spacial score (nSPS) is 18.6. The molecule has 4 nitrogen and oxygen atoms in total. The molecule has 1 amide bonds. The van der Waals surface area contributed by atoms with Crippen molar-refractivity contribution in [2.45, 2.75) is 58.4 Å². The summed E-state index contributed by atoms with van der Waals surface area (Å²) in [6, 6.07) is -1.52. The summed E-state index contributed by atoms with van der Waals surface area (Å²) in [7, 11) is 0. The zero-order valence-corrected chi connectivity index (χ0v) is 11.3. The van der Waals surface area contributed by atoms with Gasteiger partial charge in [-0.25, -0.2) is 13.6 Å². The van der Waals surface area contributed by atoms with Crippen LogP contribution in [0.3, 0.4) is 0 Å². The van der Waals surface area contributed by atoms with Crippen molar-refractivity contribution in [3.05, 3.63) is 0 Å². The standard InChI is InChI=1S/C13H21F2NO3/c1-13(2,8-5-3-4-6-8)12(19)16-9(11(17)18)7-10(14)15/h8-10H,3-7H2,1-2H3,(H,16,19)(H,17,18). The first-order chi connectivity index (χ1) is 8.75. The number of carbonyl (C=O) groups is 2. The van der Waals surface area contributed by atoms with Crippen LogP contribution < -0.4 is 5.32 Å². The van der Waals surface area contributed by atoms with E-state index in [4.69, 9.17) is 5.11 Å². The fourth-order valence-corrected chi connectivity index (χ4v) is 2.58. The number of amides is 1. The van der Waals surface area contributed by atoms with Crippen molar-refractivity contribution in [2.24, 2.45) is 11.3 Å². The van der Waals surface area contributed by atoms with Crippen LogP contribution in [0.2, 0.25) is 0 Å². The highest BCUT2D eigenvalue weighted by Crippen LogP contribution is 2.39. The van der Waals surface area contributed by atoms with Gasteiger partial charge in [0.25, 0.3) is 0 Å². The first-order valence-corrected chi connectivity index (χ1v) is 6.57. The van der Waals surface area contributed by atoms with Crippen molar-refractivity contribution in [3.8, 4) is 0 Å². The zero-order chi connectivity index (χ0) is 14.6. The van der Waals surface area contributed by atoms with E-state index >= 15 is 0 Å². The van der Waals surface area contributed by atoms with E-state index in [2.05, 4.69) is 5.32 Å². The highest BCUT2D eigenvalue weighted by atomic mass is 19.3. The smallest absolute Gasteiger partial charge is 0.326 e. The summed E-state index contributed by atoms with van der Waals surface area (Å²) < 4.78 is 24.6. The molecule has 0 saturated heterocycles. The molecule has 0 aromatic rings. The molecule has 1 unspecified atom stereocenters. The minimum Gasteiger partial charge on any atom is -0.480 e. The molecule has 6 heteroatoms. The summed E-state index contributed by atoms with van der Waals surface area (Å²) in [6.45, 7) is 3.50. The van der Waals surface area contributed by atoms with E-state index in [1.54, 1.807) is 13.8 Å². The van der Waals surface area contributed by atoms with Crippen molar-refractivity contribution >= 4 is 11.9 Å². The molecule has 1 fully saturated rings. The predicted molar refractivity (Wildman–Crippen MR) is 65.9 cm³/mol. The first-order valence-electron chi connectivity index (χ1n) is 6.57. The van der Waals surface area contributed by atoms with Gasteiger partial charge in [0.05, 0.1) is 0 Å². The van der Waals surface area contributed by atoms with Crippen molar-refractivity contribution in [2.75, 3.05) is 0 Å². The molecule has 1 aliphatic rings. The molecule has 0 spiro atoms. The Morgan fingerprint density at radius 1 is 1.32 bits per heavy atom. The Bertz CT molecular complexity index is 339. The highest BCUT2D eigenvalue weighted by Gasteiger charge is 2.39. The van der Waals surface area contributed by atoms with E-state index in [1.807, 2.05) is 0 Å². The Hall–Kier alpha value is -1.20. The molecule has 0 radical (unpaired) electrons. The van der Waals surface area contributed by atoms with Gasteiger partial charge in [-0.1, -0.05) is 26.7 Å². The van der Waals surface area contributed by atoms with Gasteiger partial charge < -0.3 is 10.4 Å². The second-order valence-corrected chi connectivity index (χ2v) is 5.69. The SMILES string of the molecule is CC(C)(C(=O)NC(CC(F)F)C(=O)O)C1CCCC1. The Labute approximate surface area is 111 Å². The quantitative estimate of drug-likeness (QED) is 0.783. The van der Waals surface area contributed by atoms with E-state index in [0.29, 0.717) is 0 Å². The molecule has 19 heavy (non-hydrogen) atoms. The van der Waals surface area contributed by atoms with Gasteiger partial charge in [0.1, 0.15) is 6.04 Å². The lowest BCUT2D eigenvalue weighted by Crippen LogP contribution is -2.49. The molecule has 0 aromatic carbocycles. The minimum atomic E-state index is -2.75. The third-order valence-corrected chi connectivity index (χ3v) is 3.98. The lowest BCUT2D eigenvalue weighted by molar-refractivity contribution is -0.145. The molecule has 1 aliphatic carbocycles. The van der Waals surface area contributed by atoms with Gasteiger partial charge in [-0.2, -0.15) is 0 Å². The van der Waals surface area contributed by atoms with E-state index in [0.717, 1.165) is 25.7 Å². The maximum Gasteiger partial charge on any atom is 0.326 e. The van der Waals surface area contributed by atoms with Crippen LogP contribution >= 0.6 is 0 Å². The summed E-state index contributed by atoms with van der Waals surface area (Å²) in [4.78, 5) is 23.0. The lowest BCUT2D eigenvalue weighted by Gasteiger charge is -2.31. The van der Waals surface area contributed by atoms with E-state index in [1.165, 1.54) is 0 Å². The van der Waals surface area contributed by atoms with Crippen LogP contribution in [-0.2, 0) is 9.59 Å². The maximum atomic E-state index is 12.3. The van der Waals surface area contributed by atoms with Crippen LogP contribution in [0, 0.1) is 11.3 Å². The molecule has 0 bridgehead atoms. The van der Waals surface area contributed by atoms with E-state index < -0.39 is 36.2 Å². The molecular weight excluding hydrogens is 256 g/mol. The minimum absolute atomic E-state index is 0.188. The summed E-state index contributed by atoms with van der Waals surface area (Å²) in [5.74, 6) is -1.68. The Kier molecular flexibility index (Phi) is 5.26. The third-order valence-electron chi connectivity index (χ3n) is 3.98. The number of carboxylic acid groups (broad SMARTS) is 1. The average Bonchev–Trinajstić information content (AvgIpc) is 2.80. The van der Waals surface area contributed by atoms with E-state index in [9.17, 15) is 18.4 Å². The number of carbonyl (C=O) groups excluding carboxylic acids is 1. The Morgan fingerprint density at radius 3 is 2.26 bits per heavy atom. The number of carboxylic acids is 1. The third kappa shape index (κ3) is 4.14. The number of nitrogens with one attached hydrogen (secondary N) is 1. The number of aliphatic carboxylic acids is 1. The van der Waals surface area contributed by atoms with Crippen molar-refractivity contribution in [1.29, 1.82) is 0 Å². The number of alkyl halides is 2. The van der Waals surface area contributed by atoms with Crippen LogP contribution in [0.5, 0.6) is 0 Å². The second kappa shape index (κ2) is 6.30. The van der Waals surface area contributed by atoms with Crippen LogP contribution in [0.25, 0.3) is 0 Å². The topological polar surface area (TPSA) is 66.4 Å². The van der Waals surface area contributed by atoms with Gasteiger partial charge in [-0.15, -0.1) is 0 Å². The van der Waals surface area contributed by atoms with Crippen LogP contribution in [-0.4, -0.2) is 29.5 Å². The molecule has 110 valence electrons. The van der Waals surface area contributed by atoms with Crippen LogP contribution in [0.15, 0.2) is 0 Å². The van der Waals surface area contributed by atoms with Gasteiger partial charge in [-0.05, 0) is 18.8 Å². The van der Waals surface area contributed by atoms with E-state index in [-0.39, 0.29) is 5.92 Å². The van der Waals surface area contributed by atoms with Gasteiger partial charge in [0, 0.05) is 11.8 Å². The Morgan fingerprint density at radius 2 is 1.84 bits per heavy atom. The fourth-order valence-electron chi connectivity index (χ4n) is 2.58. The molecule has 0 heterocycles. The van der Waals surface area contributed by atoms with Crippen LogP contribution in [0.1, 0.15) is 46.0 Å². The highest BCUT2D eigenvalue weighted by molar-refractivity contribution is 5.87. The average molecular weight is 277 g/mol. The number of hydrogen-bond donors (Lipinski definition) is 2. The molecule has 2 N–H and O–H groups in total. The largest absolute Gasteiger partial charge is 0.480 e. The van der Waals surface area contributed by atoms with Gasteiger partial charge in [0.2, 0.25) is 12.3 Å². The molecule has 1 saturated carbocycles. The summed E-state index contributed by atoms with van der Waals surface area (Å²) in [5, 5.41) is 11.1. The molecule has 1 atom stereocenters. The molecule has 0 aliphatic heterocycles. The summed E-state index contributed by atoms with van der Waals surface area (Å²) in [6.07, 6.45) is 0.347. The molecule has 0 aromatic heterocycles. The number of halogens is 2. The number of hydrogen-bond acceptors (Lipinski definition) is 2. The maximum absolute atomic E-state index is 12.3. The molecular formula is C13H21F2NO3. The van der Waals surface area contributed by atoms with Gasteiger partial charge in [-0.3, -0.25) is 4.79 Å². The monoisotopic (exact) mass is 277 g/mol. The lowest BCUT2D eigenvalue weighted by atomic mass is 9.77.